The summed E-state index contributed by atoms with van der Waals surface area (Å²) in [5, 5.41) is 1.65. The number of thiazole rings is 1. The predicted molar refractivity (Wildman–Crippen MR) is 82.2 cm³/mol. The van der Waals surface area contributed by atoms with Gasteiger partial charge in [-0.05, 0) is 36.4 Å². The fourth-order valence-corrected chi connectivity index (χ4v) is 3.37. The van der Waals surface area contributed by atoms with Crippen molar-refractivity contribution in [2.45, 2.75) is 0 Å². The second-order valence-electron chi connectivity index (χ2n) is 3.90. The third kappa shape index (κ3) is 2.23. The molecule has 90 valence electrons. The minimum Gasteiger partial charge on any atom is -0.399 e. The summed E-state index contributed by atoms with van der Waals surface area (Å²) in [7, 11) is 0. The number of fused-ring (bicyclic) bond motifs is 1. The Balaban J connectivity index is 2.19. The van der Waals surface area contributed by atoms with E-state index in [1.54, 1.807) is 11.3 Å². The number of nitrogens with zero attached hydrogens (tertiary/aromatic N) is 1. The minimum absolute atomic E-state index is 0.702. The quantitative estimate of drug-likeness (QED) is 0.636. The molecular weight excluding hydrogens is 332 g/mol. The lowest BCUT2D eigenvalue weighted by Gasteiger charge is -1.99. The van der Waals surface area contributed by atoms with Gasteiger partial charge in [0.2, 0.25) is 0 Å². The molecule has 0 fully saturated rings. The number of rotatable bonds is 1. The van der Waals surface area contributed by atoms with Crippen LogP contribution in [0.1, 0.15) is 0 Å². The SMILES string of the molecule is Nc1cc(Br)cc(-c2nc3cc(Cl)ccc3s2)c1. The van der Waals surface area contributed by atoms with Crippen molar-refractivity contribution in [2.75, 3.05) is 5.73 Å². The van der Waals surface area contributed by atoms with E-state index in [1.165, 1.54) is 0 Å². The number of nitrogen functional groups attached to an aromatic ring is 1. The number of benzene rings is 2. The summed E-state index contributed by atoms with van der Waals surface area (Å²) in [5.41, 5.74) is 8.49. The smallest absolute Gasteiger partial charge is 0.124 e. The number of aromatic nitrogens is 1. The molecule has 0 saturated heterocycles. The maximum Gasteiger partial charge on any atom is 0.124 e. The molecule has 5 heteroatoms. The molecule has 0 bridgehead atoms. The van der Waals surface area contributed by atoms with Crippen LogP contribution in [-0.2, 0) is 0 Å². The molecule has 0 aliphatic heterocycles. The molecule has 1 heterocycles. The fourth-order valence-electron chi connectivity index (χ4n) is 1.76. The average molecular weight is 340 g/mol. The molecule has 2 aromatic carbocycles. The summed E-state index contributed by atoms with van der Waals surface area (Å²) >= 11 is 11.0. The largest absolute Gasteiger partial charge is 0.399 e. The van der Waals surface area contributed by atoms with Gasteiger partial charge in [0.05, 0.1) is 10.2 Å². The molecule has 2 nitrogen and oxygen atoms in total. The Morgan fingerprint density at radius 2 is 2.00 bits per heavy atom. The lowest BCUT2D eigenvalue weighted by molar-refractivity contribution is 1.47. The Bertz CT molecular complexity index is 719. The van der Waals surface area contributed by atoms with Gasteiger partial charge in [0.25, 0.3) is 0 Å². The van der Waals surface area contributed by atoms with Gasteiger partial charge >= 0.3 is 0 Å². The van der Waals surface area contributed by atoms with Crippen molar-refractivity contribution in [3.8, 4) is 10.6 Å². The van der Waals surface area contributed by atoms with Crippen molar-refractivity contribution in [1.82, 2.24) is 4.98 Å². The zero-order valence-electron chi connectivity index (χ0n) is 9.15. The van der Waals surface area contributed by atoms with E-state index in [2.05, 4.69) is 20.9 Å². The van der Waals surface area contributed by atoms with Gasteiger partial charge in [-0.25, -0.2) is 4.98 Å². The summed E-state index contributed by atoms with van der Waals surface area (Å²) in [4.78, 5) is 4.58. The zero-order chi connectivity index (χ0) is 12.7. The first-order valence-corrected chi connectivity index (χ1v) is 7.23. The molecule has 18 heavy (non-hydrogen) atoms. The van der Waals surface area contributed by atoms with Gasteiger partial charge in [0.1, 0.15) is 5.01 Å². The summed E-state index contributed by atoms with van der Waals surface area (Å²) < 4.78 is 2.07. The molecule has 0 unspecified atom stereocenters. The van der Waals surface area contributed by atoms with E-state index in [0.717, 1.165) is 30.9 Å². The summed E-state index contributed by atoms with van der Waals surface area (Å²) in [6, 6.07) is 11.5. The maximum absolute atomic E-state index is 5.96. The first-order valence-electron chi connectivity index (χ1n) is 5.24. The molecule has 0 spiro atoms. The van der Waals surface area contributed by atoms with E-state index >= 15 is 0 Å². The summed E-state index contributed by atoms with van der Waals surface area (Å²) in [6.07, 6.45) is 0. The molecule has 3 rings (SSSR count). The van der Waals surface area contributed by atoms with Gasteiger partial charge in [0.15, 0.2) is 0 Å². The number of hydrogen-bond donors (Lipinski definition) is 1. The Hall–Kier alpha value is -1.10. The summed E-state index contributed by atoms with van der Waals surface area (Å²) in [5.74, 6) is 0. The van der Waals surface area contributed by atoms with Crippen molar-refractivity contribution in [2.24, 2.45) is 0 Å². The molecule has 1 aromatic heterocycles. The molecule has 0 saturated carbocycles. The van der Waals surface area contributed by atoms with Crippen LogP contribution < -0.4 is 5.73 Å². The molecule has 0 aliphatic rings. The van der Waals surface area contributed by atoms with Gasteiger partial charge in [-0.2, -0.15) is 0 Å². The van der Waals surface area contributed by atoms with Crippen LogP contribution in [0, 0.1) is 0 Å². The van der Waals surface area contributed by atoms with Crippen molar-refractivity contribution in [3.05, 3.63) is 45.9 Å². The van der Waals surface area contributed by atoms with Crippen LogP contribution >= 0.6 is 38.9 Å². The molecule has 0 radical (unpaired) electrons. The average Bonchev–Trinajstić information content (AvgIpc) is 2.70. The van der Waals surface area contributed by atoms with Crippen LogP contribution in [0.15, 0.2) is 40.9 Å². The standard InChI is InChI=1S/C13H8BrClN2S/c14-8-3-7(4-10(16)5-8)13-17-11-6-9(15)1-2-12(11)18-13/h1-6H,16H2. The highest BCUT2D eigenvalue weighted by molar-refractivity contribution is 9.10. The van der Waals surface area contributed by atoms with Gasteiger partial charge in [-0.1, -0.05) is 27.5 Å². The van der Waals surface area contributed by atoms with Crippen molar-refractivity contribution >= 4 is 54.8 Å². The third-order valence-electron chi connectivity index (χ3n) is 2.52. The Labute approximate surface area is 122 Å². The van der Waals surface area contributed by atoms with Crippen LogP contribution in [0.4, 0.5) is 5.69 Å². The lowest BCUT2D eigenvalue weighted by Crippen LogP contribution is -1.85. The highest BCUT2D eigenvalue weighted by Gasteiger charge is 2.08. The van der Waals surface area contributed by atoms with E-state index in [0.29, 0.717) is 5.02 Å². The second-order valence-corrected chi connectivity index (χ2v) is 6.29. The zero-order valence-corrected chi connectivity index (χ0v) is 12.3. The number of hydrogen-bond acceptors (Lipinski definition) is 3. The summed E-state index contributed by atoms with van der Waals surface area (Å²) in [6.45, 7) is 0. The predicted octanol–water partition coefficient (Wildman–Crippen LogP) is 4.96. The molecule has 2 N–H and O–H groups in total. The van der Waals surface area contributed by atoms with Gasteiger partial charge in [0, 0.05) is 20.7 Å². The van der Waals surface area contributed by atoms with Crippen molar-refractivity contribution in [1.29, 1.82) is 0 Å². The maximum atomic E-state index is 5.96. The fraction of sp³-hybridized carbons (Fsp3) is 0. The highest BCUT2D eigenvalue weighted by Crippen LogP contribution is 2.33. The van der Waals surface area contributed by atoms with Crippen LogP contribution in [0.2, 0.25) is 5.02 Å². The first-order chi connectivity index (χ1) is 8.61. The van der Waals surface area contributed by atoms with Crippen LogP contribution in [-0.4, -0.2) is 4.98 Å². The van der Waals surface area contributed by atoms with E-state index in [-0.39, 0.29) is 0 Å². The van der Waals surface area contributed by atoms with E-state index in [4.69, 9.17) is 17.3 Å². The molecule has 0 atom stereocenters. The van der Waals surface area contributed by atoms with E-state index in [1.807, 2.05) is 36.4 Å². The van der Waals surface area contributed by atoms with Gasteiger partial charge in [-0.3, -0.25) is 0 Å². The Morgan fingerprint density at radius 1 is 1.17 bits per heavy atom. The normalized spacial score (nSPS) is 11.0. The van der Waals surface area contributed by atoms with E-state index < -0.39 is 0 Å². The van der Waals surface area contributed by atoms with Crippen molar-refractivity contribution in [3.63, 3.8) is 0 Å². The number of anilines is 1. The molecular formula is C13H8BrClN2S. The van der Waals surface area contributed by atoms with Gasteiger partial charge in [-0.15, -0.1) is 11.3 Å². The third-order valence-corrected chi connectivity index (χ3v) is 4.30. The van der Waals surface area contributed by atoms with Crippen LogP contribution in [0.5, 0.6) is 0 Å². The number of nitrogens with two attached hydrogens (primary N) is 1. The van der Waals surface area contributed by atoms with E-state index in [9.17, 15) is 0 Å². The topological polar surface area (TPSA) is 38.9 Å². The first kappa shape index (κ1) is 12.0. The Kier molecular flexibility index (Phi) is 3.01. The number of halogens is 2. The monoisotopic (exact) mass is 338 g/mol. The van der Waals surface area contributed by atoms with Crippen LogP contribution in [0.25, 0.3) is 20.8 Å². The van der Waals surface area contributed by atoms with Gasteiger partial charge < -0.3 is 5.73 Å². The highest BCUT2D eigenvalue weighted by atomic mass is 79.9. The Morgan fingerprint density at radius 3 is 2.78 bits per heavy atom. The minimum atomic E-state index is 0.702. The molecule has 0 aliphatic carbocycles. The lowest BCUT2D eigenvalue weighted by atomic mass is 10.2. The van der Waals surface area contributed by atoms with Crippen LogP contribution in [0.3, 0.4) is 0 Å². The molecule has 3 aromatic rings. The molecule has 0 amide bonds. The second kappa shape index (κ2) is 4.53. The van der Waals surface area contributed by atoms with Crippen molar-refractivity contribution < 1.29 is 0 Å².